The second kappa shape index (κ2) is 3.89. The van der Waals surface area contributed by atoms with Gasteiger partial charge in [-0.25, -0.2) is 0 Å². The molecule has 0 saturated heterocycles. The summed E-state index contributed by atoms with van der Waals surface area (Å²) in [7, 11) is 0. The fraction of sp³-hybridized carbons (Fsp3) is 0. The van der Waals surface area contributed by atoms with E-state index in [0.29, 0.717) is 5.69 Å². The van der Waals surface area contributed by atoms with Crippen LogP contribution in [0.25, 0.3) is 0 Å². The minimum atomic E-state index is -0.544. The van der Waals surface area contributed by atoms with E-state index < -0.39 is 5.91 Å². The van der Waals surface area contributed by atoms with Gasteiger partial charge in [0, 0.05) is 18.5 Å². The summed E-state index contributed by atoms with van der Waals surface area (Å²) in [5, 5.41) is 8.59. The van der Waals surface area contributed by atoms with E-state index in [2.05, 4.69) is 20.5 Å². The Labute approximate surface area is 89.7 Å². The average Bonchev–Trinajstić information content (AvgIpc) is 2.65. The van der Waals surface area contributed by atoms with Crippen molar-refractivity contribution in [3.05, 3.63) is 40.4 Å². The van der Waals surface area contributed by atoms with E-state index in [1.165, 1.54) is 24.7 Å². The van der Waals surface area contributed by atoms with Gasteiger partial charge in [0.25, 0.3) is 5.91 Å². The van der Waals surface area contributed by atoms with E-state index in [9.17, 15) is 9.59 Å². The first-order chi connectivity index (χ1) is 7.68. The van der Waals surface area contributed by atoms with Gasteiger partial charge >= 0.3 is 0 Å². The molecule has 0 aliphatic heterocycles. The van der Waals surface area contributed by atoms with Crippen molar-refractivity contribution in [1.29, 1.82) is 0 Å². The highest BCUT2D eigenvalue weighted by molar-refractivity contribution is 6.04. The summed E-state index contributed by atoms with van der Waals surface area (Å²) in [5.41, 5.74) is 5.46. The van der Waals surface area contributed by atoms with Crippen molar-refractivity contribution in [2.24, 2.45) is 0 Å². The number of rotatable bonds is 2. The van der Waals surface area contributed by atoms with Crippen molar-refractivity contribution in [3.8, 4) is 0 Å². The number of anilines is 2. The van der Waals surface area contributed by atoms with Gasteiger partial charge in [-0.05, 0) is 0 Å². The van der Waals surface area contributed by atoms with Crippen LogP contribution in [0.15, 0.2) is 29.5 Å². The zero-order chi connectivity index (χ0) is 11.5. The number of nitrogen functional groups attached to an aromatic ring is 1. The maximum Gasteiger partial charge on any atom is 0.262 e. The lowest BCUT2D eigenvalue weighted by molar-refractivity contribution is 0.102. The second-order valence-corrected chi connectivity index (χ2v) is 3.08. The molecule has 0 aliphatic rings. The molecular weight excluding hydrogens is 210 g/mol. The Hall–Kier alpha value is -2.57. The molecule has 0 aliphatic carbocycles. The molecule has 2 rings (SSSR count). The van der Waals surface area contributed by atoms with Crippen molar-refractivity contribution in [1.82, 2.24) is 15.2 Å². The third-order valence-corrected chi connectivity index (χ3v) is 1.98. The molecule has 0 fully saturated rings. The Bertz CT molecular complexity index is 571. The minimum absolute atomic E-state index is 0.0106. The topological polar surface area (TPSA) is 117 Å². The van der Waals surface area contributed by atoms with Gasteiger partial charge in [0.15, 0.2) is 11.2 Å². The number of carbonyl (C=O) groups excluding carboxylic acids is 1. The zero-order valence-electron chi connectivity index (χ0n) is 8.15. The molecule has 0 spiro atoms. The second-order valence-electron chi connectivity index (χ2n) is 3.08. The fourth-order valence-corrected chi connectivity index (χ4v) is 1.17. The molecule has 0 radical (unpaired) electrons. The van der Waals surface area contributed by atoms with Gasteiger partial charge in [0.2, 0.25) is 0 Å². The maximum atomic E-state index is 11.7. The summed E-state index contributed by atoms with van der Waals surface area (Å²) in [6, 6.07) is 1.27. The maximum absolute atomic E-state index is 11.7. The Balaban J connectivity index is 2.25. The van der Waals surface area contributed by atoms with Crippen molar-refractivity contribution in [2.45, 2.75) is 0 Å². The highest BCUT2D eigenvalue weighted by atomic mass is 16.2. The summed E-state index contributed by atoms with van der Waals surface area (Å²) < 4.78 is 0. The van der Waals surface area contributed by atoms with Crippen molar-refractivity contribution < 1.29 is 4.79 Å². The number of nitrogens with zero attached hydrogens (tertiary/aromatic N) is 1. The van der Waals surface area contributed by atoms with E-state index in [1.54, 1.807) is 0 Å². The molecule has 7 nitrogen and oxygen atoms in total. The van der Waals surface area contributed by atoms with E-state index in [4.69, 9.17) is 5.73 Å². The van der Waals surface area contributed by atoms with Crippen LogP contribution in [0.4, 0.5) is 11.5 Å². The number of hydrogen-bond acceptors (Lipinski definition) is 4. The highest BCUT2D eigenvalue weighted by Crippen LogP contribution is 2.12. The van der Waals surface area contributed by atoms with E-state index in [0.717, 1.165) is 0 Å². The lowest BCUT2D eigenvalue weighted by Crippen LogP contribution is -2.21. The molecule has 82 valence electrons. The predicted octanol–water partition coefficient (Wildman–Crippen LogP) is -0.0675. The summed E-state index contributed by atoms with van der Waals surface area (Å²) in [6.45, 7) is 0. The van der Waals surface area contributed by atoms with Crippen LogP contribution in [-0.2, 0) is 0 Å². The van der Waals surface area contributed by atoms with Crippen LogP contribution in [0, 0.1) is 0 Å². The number of nitrogens with two attached hydrogens (primary N) is 1. The van der Waals surface area contributed by atoms with Crippen molar-refractivity contribution >= 4 is 17.4 Å². The first-order valence-corrected chi connectivity index (χ1v) is 4.46. The number of nitrogens with one attached hydrogen (secondary N) is 3. The first kappa shape index (κ1) is 9.97. The van der Waals surface area contributed by atoms with Crippen LogP contribution >= 0.6 is 0 Å². The molecular formula is C9H9N5O2. The van der Waals surface area contributed by atoms with Crippen LogP contribution in [-0.4, -0.2) is 21.1 Å². The monoisotopic (exact) mass is 219 g/mol. The molecule has 1 amide bonds. The Kier molecular flexibility index (Phi) is 2.42. The van der Waals surface area contributed by atoms with Gasteiger partial charge in [-0.15, -0.1) is 0 Å². The molecule has 16 heavy (non-hydrogen) atoms. The third kappa shape index (κ3) is 1.78. The molecule has 0 atom stereocenters. The molecule has 0 bridgehead atoms. The summed E-state index contributed by atoms with van der Waals surface area (Å²) >= 11 is 0. The molecule has 0 aromatic carbocycles. The van der Waals surface area contributed by atoms with Gasteiger partial charge in [0.05, 0.1) is 11.9 Å². The molecule has 5 N–H and O–H groups in total. The average molecular weight is 219 g/mol. The lowest BCUT2D eigenvalue weighted by Gasteiger charge is -2.02. The highest BCUT2D eigenvalue weighted by Gasteiger charge is 2.11. The standard InChI is InChI=1S/C9H9N5O2/c10-6-4-12-14-8(6)13-9(16)5-3-11-2-1-7(5)15/h1-4H,10H2,(H,11,15)(H2,12,13,14,16). The third-order valence-electron chi connectivity index (χ3n) is 1.98. The van der Waals surface area contributed by atoms with E-state index >= 15 is 0 Å². The van der Waals surface area contributed by atoms with Gasteiger partial charge < -0.3 is 16.0 Å². The Morgan fingerprint density at radius 1 is 1.50 bits per heavy atom. The quantitative estimate of drug-likeness (QED) is 0.565. The number of amides is 1. The van der Waals surface area contributed by atoms with Gasteiger partial charge in [0.1, 0.15) is 5.56 Å². The molecule has 0 unspecified atom stereocenters. The zero-order valence-corrected chi connectivity index (χ0v) is 8.15. The van der Waals surface area contributed by atoms with Crippen LogP contribution in [0.1, 0.15) is 10.4 Å². The van der Waals surface area contributed by atoms with Gasteiger partial charge in [-0.2, -0.15) is 5.10 Å². The summed E-state index contributed by atoms with van der Waals surface area (Å²) in [4.78, 5) is 25.6. The summed E-state index contributed by atoms with van der Waals surface area (Å²) in [5.74, 6) is -0.272. The fourth-order valence-electron chi connectivity index (χ4n) is 1.17. The normalized spacial score (nSPS) is 10.0. The first-order valence-electron chi connectivity index (χ1n) is 4.46. The largest absolute Gasteiger partial charge is 0.394 e. The van der Waals surface area contributed by atoms with Gasteiger partial charge in [-0.1, -0.05) is 0 Å². The summed E-state index contributed by atoms with van der Waals surface area (Å²) in [6.07, 6.45) is 4.14. The molecule has 2 aromatic rings. The smallest absolute Gasteiger partial charge is 0.262 e. The molecule has 2 heterocycles. The number of carbonyl (C=O) groups is 1. The van der Waals surface area contributed by atoms with Crippen LogP contribution in [0.2, 0.25) is 0 Å². The minimum Gasteiger partial charge on any atom is -0.394 e. The van der Waals surface area contributed by atoms with E-state index in [1.807, 2.05) is 0 Å². The SMILES string of the molecule is Nc1cn[nH]c1NC(=O)c1c[nH]ccc1=O. The molecule has 0 saturated carbocycles. The number of pyridine rings is 1. The number of aromatic amines is 2. The number of H-pyrrole nitrogens is 2. The Morgan fingerprint density at radius 3 is 2.94 bits per heavy atom. The van der Waals surface area contributed by atoms with Crippen molar-refractivity contribution in [3.63, 3.8) is 0 Å². The number of hydrogen-bond donors (Lipinski definition) is 4. The number of aromatic nitrogens is 3. The molecule has 2 aromatic heterocycles. The van der Waals surface area contributed by atoms with Gasteiger partial charge in [-0.3, -0.25) is 14.7 Å². The predicted molar refractivity (Wildman–Crippen MR) is 58.0 cm³/mol. The Morgan fingerprint density at radius 2 is 2.31 bits per heavy atom. The lowest BCUT2D eigenvalue weighted by atomic mass is 10.2. The molecule has 7 heteroatoms. The van der Waals surface area contributed by atoms with Crippen molar-refractivity contribution in [2.75, 3.05) is 11.1 Å². The van der Waals surface area contributed by atoms with Crippen LogP contribution < -0.4 is 16.5 Å². The van der Waals surface area contributed by atoms with Crippen LogP contribution in [0.3, 0.4) is 0 Å². The van der Waals surface area contributed by atoms with Crippen LogP contribution in [0.5, 0.6) is 0 Å². The van der Waals surface area contributed by atoms with E-state index in [-0.39, 0.29) is 16.8 Å².